The summed E-state index contributed by atoms with van der Waals surface area (Å²) in [4.78, 5) is 40.6. The maximum absolute atomic E-state index is 13.0. The first kappa shape index (κ1) is 37.9. The van der Waals surface area contributed by atoms with Crippen LogP contribution in [0.5, 0.6) is 0 Å². The van der Waals surface area contributed by atoms with Gasteiger partial charge in [-0.05, 0) is 75.9 Å². The summed E-state index contributed by atoms with van der Waals surface area (Å²) in [5.41, 5.74) is 5.73. The maximum atomic E-state index is 13.0. The van der Waals surface area contributed by atoms with Gasteiger partial charge in [0.15, 0.2) is 0 Å². The van der Waals surface area contributed by atoms with Gasteiger partial charge < -0.3 is 25.3 Å². The molecule has 1 atom stereocenters. The SMILES string of the molecule is COC(=O)C1=C(C)NC(C)=C(N(C=O)CCCCN2CCC(c3ccccc3)(c3ccccc3)CC2)C1c1ccc([N+](=O)[O-])cc1.Cl.O. The molecule has 1 saturated heterocycles. The average Bonchev–Trinajstić information content (AvgIpc) is 3.09. The van der Waals surface area contributed by atoms with E-state index in [1.54, 1.807) is 24.0 Å². The van der Waals surface area contributed by atoms with E-state index in [4.69, 9.17) is 4.74 Å². The second kappa shape index (κ2) is 17.1. The zero-order valence-electron chi connectivity index (χ0n) is 27.7. The summed E-state index contributed by atoms with van der Waals surface area (Å²) >= 11 is 0. The Morgan fingerprint density at radius 1 is 0.958 bits per heavy atom. The molecule has 5 rings (SSSR count). The molecule has 0 radical (unpaired) electrons. The van der Waals surface area contributed by atoms with Gasteiger partial charge in [0, 0.05) is 35.5 Å². The Hall–Kier alpha value is -4.51. The Morgan fingerprint density at radius 2 is 1.52 bits per heavy atom. The van der Waals surface area contributed by atoms with Crippen LogP contribution in [0.15, 0.2) is 108 Å². The predicted octanol–water partition coefficient (Wildman–Crippen LogP) is 5.88. The quantitative estimate of drug-likeness (QED) is 0.0832. The first-order chi connectivity index (χ1) is 22.3. The van der Waals surface area contributed by atoms with Gasteiger partial charge in [-0.15, -0.1) is 12.4 Å². The summed E-state index contributed by atoms with van der Waals surface area (Å²) in [5, 5.41) is 14.6. The minimum Gasteiger partial charge on any atom is -0.466 e. The third kappa shape index (κ3) is 7.95. The Kier molecular flexibility index (Phi) is 13.5. The number of benzene rings is 3. The first-order valence-electron chi connectivity index (χ1n) is 15.9. The van der Waals surface area contributed by atoms with Crippen molar-refractivity contribution in [3.63, 3.8) is 0 Å². The number of likely N-dealkylation sites (tertiary alicyclic amines) is 1. The van der Waals surface area contributed by atoms with E-state index in [1.807, 2.05) is 6.92 Å². The molecule has 2 aliphatic rings. The zero-order chi connectivity index (χ0) is 32.7. The number of nitrogens with one attached hydrogen (secondary N) is 1. The fraction of sp³-hybridized carbons (Fsp3) is 0.351. The largest absolute Gasteiger partial charge is 0.466 e. The number of carbonyl (C=O) groups is 2. The van der Waals surface area contributed by atoms with Gasteiger partial charge in [0.05, 0.1) is 29.2 Å². The molecular weight excluding hydrogens is 632 g/mol. The summed E-state index contributed by atoms with van der Waals surface area (Å²) < 4.78 is 5.13. The first-order valence-corrected chi connectivity index (χ1v) is 15.9. The molecule has 48 heavy (non-hydrogen) atoms. The van der Waals surface area contributed by atoms with Crippen LogP contribution < -0.4 is 5.32 Å². The highest BCUT2D eigenvalue weighted by Gasteiger charge is 2.38. The fourth-order valence-electron chi connectivity index (χ4n) is 7.12. The van der Waals surface area contributed by atoms with Gasteiger partial charge in [0.25, 0.3) is 5.69 Å². The van der Waals surface area contributed by atoms with Crippen molar-refractivity contribution in [1.29, 1.82) is 0 Å². The Morgan fingerprint density at radius 3 is 2.02 bits per heavy atom. The van der Waals surface area contributed by atoms with Crippen molar-refractivity contribution in [2.45, 2.75) is 50.9 Å². The van der Waals surface area contributed by atoms with Crippen molar-refractivity contribution in [2.75, 3.05) is 33.3 Å². The minimum absolute atomic E-state index is 0. The van der Waals surface area contributed by atoms with Gasteiger partial charge in [-0.25, -0.2) is 4.79 Å². The monoisotopic (exact) mass is 676 g/mol. The van der Waals surface area contributed by atoms with Crippen molar-refractivity contribution in [1.82, 2.24) is 15.1 Å². The Labute approximate surface area is 288 Å². The fourth-order valence-corrected chi connectivity index (χ4v) is 7.12. The van der Waals surface area contributed by atoms with Crippen LogP contribution in [0.2, 0.25) is 0 Å². The van der Waals surface area contributed by atoms with Crippen molar-refractivity contribution in [3.8, 4) is 0 Å². The number of ether oxygens (including phenoxy) is 1. The molecule has 1 amide bonds. The molecule has 0 aromatic heterocycles. The number of piperidine rings is 1. The average molecular weight is 677 g/mol. The molecule has 1 fully saturated rings. The number of allylic oxidation sites excluding steroid dienone is 3. The lowest BCUT2D eigenvalue weighted by molar-refractivity contribution is -0.384. The number of unbranched alkanes of at least 4 members (excludes halogenated alkanes) is 1. The van der Waals surface area contributed by atoms with Gasteiger partial charge in [0.2, 0.25) is 6.41 Å². The number of methoxy groups -OCH3 is 1. The van der Waals surface area contributed by atoms with Gasteiger partial charge in [-0.2, -0.15) is 0 Å². The molecule has 10 nitrogen and oxygen atoms in total. The molecule has 3 aromatic carbocycles. The van der Waals surface area contributed by atoms with Gasteiger partial charge in [-0.1, -0.05) is 72.8 Å². The van der Waals surface area contributed by atoms with Crippen molar-refractivity contribution >= 4 is 30.5 Å². The molecule has 1 unspecified atom stereocenters. The highest BCUT2D eigenvalue weighted by Crippen LogP contribution is 2.42. The van der Waals surface area contributed by atoms with E-state index in [9.17, 15) is 19.7 Å². The number of esters is 1. The number of amides is 1. The van der Waals surface area contributed by atoms with Gasteiger partial charge in [0.1, 0.15) is 0 Å². The summed E-state index contributed by atoms with van der Waals surface area (Å²) in [6.07, 6.45) is 4.58. The van der Waals surface area contributed by atoms with E-state index in [-0.39, 0.29) is 29.0 Å². The number of nitrogens with zero attached hydrogens (tertiary/aromatic N) is 3. The number of carbonyl (C=O) groups excluding carboxylic acids is 2. The molecule has 2 aliphatic heterocycles. The second-order valence-electron chi connectivity index (χ2n) is 12.1. The molecule has 0 bridgehead atoms. The highest BCUT2D eigenvalue weighted by molar-refractivity contribution is 5.92. The molecule has 2 heterocycles. The van der Waals surface area contributed by atoms with Crippen molar-refractivity contribution in [3.05, 3.63) is 134 Å². The molecule has 256 valence electrons. The van der Waals surface area contributed by atoms with Crippen LogP contribution >= 0.6 is 12.4 Å². The Balaban J connectivity index is 0.00000312. The zero-order valence-corrected chi connectivity index (χ0v) is 28.5. The van der Waals surface area contributed by atoms with E-state index in [1.165, 1.54) is 30.4 Å². The number of hydrogen-bond acceptors (Lipinski definition) is 7. The van der Waals surface area contributed by atoms with Crippen LogP contribution in [0.4, 0.5) is 5.69 Å². The number of halogens is 1. The summed E-state index contributed by atoms with van der Waals surface area (Å²) in [6, 6.07) is 27.8. The summed E-state index contributed by atoms with van der Waals surface area (Å²) in [5.74, 6) is -1.14. The summed E-state index contributed by atoms with van der Waals surface area (Å²) in [7, 11) is 1.32. The van der Waals surface area contributed by atoms with E-state index in [0.717, 1.165) is 57.4 Å². The lowest BCUT2D eigenvalue weighted by Crippen LogP contribution is -2.43. The lowest BCUT2D eigenvalue weighted by atomic mass is 9.68. The number of hydrogen-bond donors (Lipinski definition) is 1. The number of non-ortho nitro benzene ring substituents is 1. The smallest absolute Gasteiger partial charge is 0.336 e. The topological polar surface area (TPSA) is 137 Å². The Bertz CT molecular complexity index is 1560. The molecule has 0 aliphatic carbocycles. The van der Waals surface area contributed by atoms with Gasteiger partial charge >= 0.3 is 5.97 Å². The summed E-state index contributed by atoms with van der Waals surface area (Å²) in [6.45, 7) is 7.05. The lowest BCUT2D eigenvalue weighted by Gasteiger charge is -2.43. The van der Waals surface area contributed by atoms with Crippen molar-refractivity contribution in [2.24, 2.45) is 0 Å². The van der Waals surface area contributed by atoms with E-state index in [2.05, 4.69) is 70.9 Å². The van der Waals surface area contributed by atoms with Crippen LogP contribution in [0.3, 0.4) is 0 Å². The number of rotatable bonds is 12. The minimum atomic E-state index is -0.620. The van der Waals surface area contributed by atoms with E-state index >= 15 is 0 Å². The standard InChI is InChI=1S/C37H42N4O5.ClH.H2O/c1-27-33(36(43)46-3)34(29-16-18-32(19-17-29)41(44)45)35(28(2)38-27)40(26-42)23-11-10-22-39-24-20-37(21-25-39,30-12-6-4-7-13-30)31-14-8-5-9-15-31;;/h4-9,12-19,26,34,38H,10-11,20-25H2,1-3H3;1H;1H2. The molecule has 3 N–H and O–H groups in total. The number of nitro groups is 1. The van der Waals surface area contributed by atoms with E-state index < -0.39 is 16.8 Å². The van der Waals surface area contributed by atoms with Crippen LogP contribution in [0.25, 0.3) is 0 Å². The van der Waals surface area contributed by atoms with Crippen LogP contribution in [-0.4, -0.2) is 65.9 Å². The van der Waals surface area contributed by atoms with Crippen LogP contribution in [-0.2, 0) is 19.7 Å². The number of dihydropyridines is 1. The van der Waals surface area contributed by atoms with Crippen LogP contribution in [0.1, 0.15) is 62.1 Å². The van der Waals surface area contributed by atoms with E-state index in [0.29, 0.717) is 29.1 Å². The molecule has 3 aromatic rings. The van der Waals surface area contributed by atoms with Gasteiger partial charge in [-0.3, -0.25) is 14.9 Å². The number of nitro benzene ring substituents is 1. The normalized spacial score (nSPS) is 17.4. The molecular formula is C37H45ClN4O6. The predicted molar refractivity (Wildman–Crippen MR) is 189 cm³/mol. The molecule has 0 saturated carbocycles. The van der Waals surface area contributed by atoms with Crippen LogP contribution in [0, 0.1) is 10.1 Å². The van der Waals surface area contributed by atoms with Crippen molar-refractivity contribution < 1.29 is 24.7 Å². The molecule has 11 heteroatoms. The second-order valence-corrected chi connectivity index (χ2v) is 12.1. The third-order valence-corrected chi connectivity index (χ3v) is 9.49. The third-order valence-electron chi connectivity index (χ3n) is 9.49. The maximum Gasteiger partial charge on any atom is 0.336 e. The highest BCUT2D eigenvalue weighted by atomic mass is 35.5. The molecule has 0 spiro atoms.